The number of nitrogens with one attached hydrogen (secondary N) is 9. The van der Waals surface area contributed by atoms with E-state index >= 15 is 0 Å². The van der Waals surface area contributed by atoms with E-state index in [2.05, 4.69) is 55.2 Å². The van der Waals surface area contributed by atoms with Crippen LogP contribution in [0.2, 0.25) is 0 Å². The second-order valence-corrected chi connectivity index (χ2v) is 18.5. The summed E-state index contributed by atoms with van der Waals surface area (Å²) in [6.45, 7) is 7.77. The Kier molecular flexibility index (Phi) is 29.7. The molecule has 0 saturated carbocycles. The number of carbonyl (C=O) groups is 13. The van der Waals surface area contributed by atoms with Gasteiger partial charge in [-0.25, -0.2) is 4.79 Å². The van der Waals surface area contributed by atoms with E-state index in [1.807, 2.05) is 5.32 Å². The van der Waals surface area contributed by atoms with Crippen LogP contribution in [-0.2, 0) is 62.3 Å². The number of hydrogen-bond acceptors (Lipinski definition) is 17. The van der Waals surface area contributed by atoms with Gasteiger partial charge in [0.15, 0.2) is 0 Å². The van der Waals surface area contributed by atoms with Crippen LogP contribution in [0.15, 0.2) is 0 Å². The van der Waals surface area contributed by atoms with E-state index in [0.29, 0.717) is 0 Å². The molecule has 71 heavy (non-hydrogen) atoms. The average molecular weight is 1050 g/mol. The normalized spacial score (nSPS) is 14.9. The van der Waals surface area contributed by atoms with E-state index in [1.54, 1.807) is 20.1 Å². The average Bonchev–Trinajstić information content (AvgIpc) is 3.26. The number of aliphatic carboxylic acids is 4. The van der Waals surface area contributed by atoms with E-state index in [1.165, 1.54) is 39.5 Å². The summed E-state index contributed by atoms with van der Waals surface area (Å²) in [6, 6.07) is -14.2. The maximum absolute atomic E-state index is 13.6. The highest BCUT2D eigenvalue weighted by Crippen LogP contribution is 2.11. The van der Waals surface area contributed by atoms with Gasteiger partial charge < -0.3 is 79.1 Å². The topological polar surface area (TPSA) is 457 Å². The van der Waals surface area contributed by atoms with Gasteiger partial charge >= 0.3 is 23.9 Å². The molecule has 9 atom stereocenters. The third-order valence-corrected chi connectivity index (χ3v) is 10.9. The van der Waals surface area contributed by atoms with Crippen LogP contribution >= 0.6 is 24.4 Å². The van der Waals surface area contributed by atoms with Crippen molar-refractivity contribution in [3.8, 4) is 0 Å². The molecule has 0 aromatic heterocycles. The largest absolute Gasteiger partial charge is 0.481 e. The summed E-state index contributed by atoms with van der Waals surface area (Å²) in [7, 11) is 0. The smallest absolute Gasteiger partial charge is 0.327 e. The van der Waals surface area contributed by atoms with Crippen LogP contribution in [-0.4, -0.2) is 188 Å². The maximum atomic E-state index is 13.6. The van der Waals surface area contributed by atoms with Crippen LogP contribution in [0.1, 0.15) is 73.6 Å². The number of carboxylic acid groups (broad SMARTS) is 4. The minimum absolute atomic E-state index is 0.0619. The van der Waals surface area contributed by atoms with Crippen molar-refractivity contribution in [2.45, 2.75) is 128 Å². The number of thiol groups is 1. The lowest BCUT2D eigenvalue weighted by Gasteiger charge is -2.28. The zero-order valence-electron chi connectivity index (χ0n) is 40.3. The van der Waals surface area contributed by atoms with E-state index < -0.39 is 176 Å². The standard InChI is InChI=1S/C41H68N10O18S2/c1-17(2)10-22(45-33(60)20(42)15-52)38(65)51-32(19(5)6)40(67)47-24(12-29(56)57)36(63)46-23(11-28(54)55)34(61)43-14-27(53)44-21(8-9-71-7)35(62)50-31(18(3)4)39(66)48-25(13-30(58)59)37(64)49-26(16-70)41(68)69/h17-26,31-32,52,70H,8-16,42H2,1-7H3,(H,43,61)(H,44,53)(H,45,60)(H,46,63)(H,47,67)(H,48,66)(H,49,64)(H,50,62)(H,51,65)(H,54,55)(H,56,57)(H,58,59)(H,68,69)/t20-,21-,22-,23-,24-,25-,26-,31-,32-/m0/s1. The molecule has 0 aliphatic heterocycles. The fourth-order valence-corrected chi connectivity index (χ4v) is 6.81. The number of carbonyl (C=O) groups excluding carboxylic acids is 9. The molecular formula is C41H68N10O18S2. The molecule has 0 heterocycles. The van der Waals surface area contributed by atoms with Crippen molar-refractivity contribution in [2.75, 3.05) is 30.9 Å². The molecule has 0 fully saturated rings. The van der Waals surface area contributed by atoms with Crippen molar-refractivity contribution in [1.82, 2.24) is 47.9 Å². The molecule has 0 saturated heterocycles. The number of carboxylic acids is 4. The number of aliphatic hydroxyl groups is 1. The Morgan fingerprint density at radius 3 is 1.25 bits per heavy atom. The minimum Gasteiger partial charge on any atom is -0.481 e. The van der Waals surface area contributed by atoms with Gasteiger partial charge in [-0.15, -0.1) is 0 Å². The van der Waals surface area contributed by atoms with E-state index in [9.17, 15) is 87.9 Å². The molecule has 0 bridgehead atoms. The summed E-state index contributed by atoms with van der Waals surface area (Å²) < 4.78 is 0. The molecule has 402 valence electrons. The lowest BCUT2D eigenvalue weighted by Crippen LogP contribution is -2.60. The summed E-state index contributed by atoms with van der Waals surface area (Å²) in [6.07, 6.45) is -1.53. The molecule has 30 heteroatoms. The zero-order chi connectivity index (χ0) is 54.9. The molecule has 0 unspecified atom stereocenters. The van der Waals surface area contributed by atoms with Crippen molar-refractivity contribution < 1.29 is 87.9 Å². The van der Waals surface area contributed by atoms with Gasteiger partial charge in [-0.3, -0.25) is 57.5 Å². The molecular weight excluding hydrogens is 985 g/mol. The third-order valence-electron chi connectivity index (χ3n) is 9.89. The van der Waals surface area contributed by atoms with Gasteiger partial charge in [0.25, 0.3) is 0 Å². The van der Waals surface area contributed by atoms with Crippen molar-refractivity contribution in [3.05, 3.63) is 0 Å². The van der Waals surface area contributed by atoms with Crippen molar-refractivity contribution in [2.24, 2.45) is 23.5 Å². The molecule has 9 amide bonds. The number of hydrogen-bond donors (Lipinski definition) is 16. The molecule has 16 N–H and O–H groups in total. The first-order chi connectivity index (χ1) is 33.0. The Morgan fingerprint density at radius 1 is 0.507 bits per heavy atom. The molecule has 0 radical (unpaired) electrons. The Bertz CT molecular complexity index is 1930. The van der Waals surface area contributed by atoms with Crippen molar-refractivity contribution in [1.29, 1.82) is 0 Å². The number of nitrogens with two attached hydrogens (primary N) is 1. The summed E-state index contributed by atoms with van der Waals surface area (Å²) in [5.74, 6) is -17.7. The molecule has 0 aromatic rings. The Morgan fingerprint density at radius 2 is 0.887 bits per heavy atom. The monoisotopic (exact) mass is 1050 g/mol. The Labute approximate surface area is 418 Å². The highest BCUT2D eigenvalue weighted by Gasteiger charge is 2.36. The summed E-state index contributed by atoms with van der Waals surface area (Å²) in [5.41, 5.74) is 5.56. The zero-order valence-corrected chi connectivity index (χ0v) is 42.0. The predicted octanol–water partition coefficient (Wildman–Crippen LogP) is -5.15. The first kappa shape index (κ1) is 64.7. The SMILES string of the molecule is CSCC[C@H](NC(=O)CNC(=O)[C@H](CC(=O)O)NC(=O)[C@H](CC(=O)O)NC(=O)[C@@H](NC(=O)[C@H](CC(C)C)NC(=O)[C@@H](N)CO)C(C)C)C(=O)N[C@H](C(=O)N[C@@H](CC(=O)O)C(=O)N[C@@H](CS)C(=O)O)C(C)C. The second kappa shape index (κ2) is 32.6. The van der Waals surface area contributed by atoms with Gasteiger partial charge in [-0.1, -0.05) is 41.5 Å². The van der Waals surface area contributed by atoms with Gasteiger partial charge in [-0.2, -0.15) is 24.4 Å². The lowest BCUT2D eigenvalue weighted by molar-refractivity contribution is -0.143. The molecule has 28 nitrogen and oxygen atoms in total. The Hall–Kier alpha value is -6.27. The van der Waals surface area contributed by atoms with E-state index in [-0.39, 0.29) is 30.3 Å². The first-order valence-electron chi connectivity index (χ1n) is 22.0. The summed E-state index contributed by atoms with van der Waals surface area (Å²) in [5, 5.41) is 67.2. The highest BCUT2D eigenvalue weighted by molar-refractivity contribution is 7.98. The highest BCUT2D eigenvalue weighted by atomic mass is 32.2. The van der Waals surface area contributed by atoms with E-state index in [0.717, 1.165) is 0 Å². The number of amides is 9. The minimum atomic E-state index is -1.99. The lowest BCUT2D eigenvalue weighted by atomic mass is 9.99. The molecule has 0 rings (SSSR count). The van der Waals surface area contributed by atoms with Gasteiger partial charge in [0.2, 0.25) is 53.2 Å². The number of thioether (sulfide) groups is 1. The number of aliphatic hydroxyl groups excluding tert-OH is 1. The third kappa shape index (κ3) is 24.9. The van der Waals surface area contributed by atoms with Crippen LogP contribution in [0.3, 0.4) is 0 Å². The number of rotatable bonds is 34. The van der Waals surface area contributed by atoms with Crippen LogP contribution in [0.25, 0.3) is 0 Å². The van der Waals surface area contributed by atoms with Gasteiger partial charge in [0, 0.05) is 5.75 Å². The molecule has 0 spiro atoms. The van der Waals surface area contributed by atoms with Crippen molar-refractivity contribution >= 4 is 101 Å². The van der Waals surface area contributed by atoms with Crippen LogP contribution < -0.4 is 53.6 Å². The molecule has 0 aliphatic rings. The van der Waals surface area contributed by atoms with E-state index in [4.69, 9.17) is 5.73 Å². The molecule has 0 aromatic carbocycles. The fraction of sp³-hybridized carbons (Fsp3) is 0.683. The van der Waals surface area contributed by atoms with Gasteiger partial charge in [-0.05, 0) is 42.6 Å². The second-order valence-electron chi connectivity index (χ2n) is 17.1. The summed E-state index contributed by atoms with van der Waals surface area (Å²) in [4.78, 5) is 165. The Balaban J connectivity index is 6.22. The van der Waals surface area contributed by atoms with Crippen LogP contribution in [0.5, 0.6) is 0 Å². The first-order valence-corrected chi connectivity index (χ1v) is 24.1. The van der Waals surface area contributed by atoms with Gasteiger partial charge in [0.1, 0.15) is 54.4 Å². The fourth-order valence-electron chi connectivity index (χ4n) is 6.09. The molecule has 0 aliphatic carbocycles. The quantitative estimate of drug-likeness (QED) is 0.0268. The summed E-state index contributed by atoms with van der Waals surface area (Å²) >= 11 is 5.09. The van der Waals surface area contributed by atoms with Crippen LogP contribution in [0, 0.1) is 17.8 Å². The predicted molar refractivity (Wildman–Crippen MR) is 254 cm³/mol. The van der Waals surface area contributed by atoms with Crippen molar-refractivity contribution in [3.63, 3.8) is 0 Å². The van der Waals surface area contributed by atoms with Gasteiger partial charge in [0.05, 0.1) is 32.4 Å². The maximum Gasteiger partial charge on any atom is 0.327 e. The van der Waals surface area contributed by atoms with Crippen LogP contribution in [0.4, 0.5) is 0 Å².